The smallest absolute Gasteiger partial charge is 0.168 e. The lowest BCUT2D eigenvalue weighted by atomic mass is 10.2. The third-order valence-electron chi connectivity index (χ3n) is 2.98. The fourth-order valence-corrected chi connectivity index (χ4v) is 1.78. The quantitative estimate of drug-likeness (QED) is 0.758. The van der Waals surface area contributed by atoms with Crippen LogP contribution in [0, 0.1) is 5.82 Å². The van der Waals surface area contributed by atoms with Gasteiger partial charge in [0.25, 0.3) is 0 Å². The lowest BCUT2D eigenvalue weighted by molar-refractivity contribution is 0.259. The second-order valence-corrected chi connectivity index (χ2v) is 4.63. The normalized spacial score (nSPS) is 16.8. The van der Waals surface area contributed by atoms with Crippen molar-refractivity contribution in [1.29, 1.82) is 0 Å². The average Bonchev–Trinajstić information content (AvgIpc) is 3.29. The molecule has 2 aromatic carbocycles. The molecule has 1 saturated heterocycles. The summed E-state index contributed by atoms with van der Waals surface area (Å²) in [4.78, 5) is 0. The molecule has 0 spiro atoms. The van der Waals surface area contributed by atoms with E-state index in [4.69, 9.17) is 14.2 Å². The van der Waals surface area contributed by atoms with E-state index < -0.39 is 5.82 Å². The topological polar surface area (TPSA) is 31.0 Å². The lowest BCUT2D eigenvalue weighted by Crippen LogP contribution is -2.04. The van der Waals surface area contributed by atoms with Crippen LogP contribution in [0.4, 0.5) is 4.39 Å². The molecule has 3 nitrogen and oxygen atoms in total. The molecular formula is C16H15FO3. The van der Waals surface area contributed by atoms with Crippen molar-refractivity contribution in [1.82, 2.24) is 0 Å². The first kappa shape index (κ1) is 12.9. The summed E-state index contributed by atoms with van der Waals surface area (Å²) in [5.74, 6) is 0.295. The Morgan fingerprint density at radius 2 is 1.90 bits per heavy atom. The average molecular weight is 274 g/mol. The summed E-state index contributed by atoms with van der Waals surface area (Å²) in [5.41, 5.74) is 0.998. The summed E-state index contributed by atoms with van der Waals surface area (Å²) in [5, 5.41) is 0. The molecule has 0 aromatic heterocycles. The minimum atomic E-state index is -0.421. The zero-order valence-corrected chi connectivity index (χ0v) is 10.9. The number of ether oxygens (including phenoxy) is 3. The minimum Gasteiger partial charge on any atom is -0.491 e. The SMILES string of the molecule is Fc1cc(OCC2CO2)ccc1OCc1ccccc1. The van der Waals surface area contributed by atoms with Gasteiger partial charge in [0.1, 0.15) is 25.1 Å². The third kappa shape index (κ3) is 3.48. The molecule has 0 radical (unpaired) electrons. The Morgan fingerprint density at radius 1 is 1.10 bits per heavy atom. The van der Waals surface area contributed by atoms with Gasteiger partial charge in [0.15, 0.2) is 11.6 Å². The minimum absolute atomic E-state index is 0.159. The molecule has 3 rings (SSSR count). The Hall–Kier alpha value is -2.07. The van der Waals surface area contributed by atoms with Crippen molar-refractivity contribution in [3.05, 3.63) is 59.9 Å². The molecule has 0 bridgehead atoms. The van der Waals surface area contributed by atoms with Crippen molar-refractivity contribution in [2.45, 2.75) is 12.7 Å². The second kappa shape index (κ2) is 5.92. The van der Waals surface area contributed by atoms with Gasteiger partial charge in [0.2, 0.25) is 0 Å². The van der Waals surface area contributed by atoms with E-state index in [0.29, 0.717) is 19.0 Å². The van der Waals surface area contributed by atoms with E-state index in [1.807, 2.05) is 30.3 Å². The summed E-state index contributed by atoms with van der Waals surface area (Å²) in [6.07, 6.45) is 0.159. The van der Waals surface area contributed by atoms with E-state index in [1.54, 1.807) is 12.1 Å². The van der Waals surface area contributed by atoms with E-state index >= 15 is 0 Å². The predicted octanol–water partition coefficient (Wildman–Crippen LogP) is 3.18. The van der Waals surface area contributed by atoms with E-state index in [-0.39, 0.29) is 11.9 Å². The summed E-state index contributed by atoms with van der Waals surface area (Å²) in [6.45, 7) is 1.53. The standard InChI is InChI=1S/C16H15FO3/c17-15-8-13(18-10-14-11-19-14)6-7-16(15)20-9-12-4-2-1-3-5-12/h1-8,14H,9-11H2. The first-order chi connectivity index (χ1) is 9.81. The van der Waals surface area contributed by atoms with Crippen LogP contribution in [0.5, 0.6) is 11.5 Å². The first-order valence-corrected chi connectivity index (χ1v) is 6.52. The van der Waals surface area contributed by atoms with Gasteiger partial charge < -0.3 is 14.2 Å². The van der Waals surface area contributed by atoms with E-state index in [0.717, 1.165) is 12.2 Å². The summed E-state index contributed by atoms with van der Waals surface area (Å²) >= 11 is 0. The number of hydrogen-bond donors (Lipinski definition) is 0. The van der Waals surface area contributed by atoms with E-state index in [1.165, 1.54) is 6.07 Å². The van der Waals surface area contributed by atoms with Crippen LogP contribution in [0.25, 0.3) is 0 Å². The highest BCUT2D eigenvalue weighted by Gasteiger charge is 2.23. The largest absolute Gasteiger partial charge is 0.491 e. The molecule has 4 heteroatoms. The second-order valence-electron chi connectivity index (χ2n) is 4.63. The summed E-state index contributed by atoms with van der Waals surface area (Å²) < 4.78 is 29.8. The number of rotatable bonds is 6. The van der Waals surface area contributed by atoms with Crippen molar-refractivity contribution in [3.8, 4) is 11.5 Å². The molecule has 0 saturated carbocycles. The van der Waals surface area contributed by atoms with Crippen LogP contribution in [0.3, 0.4) is 0 Å². The van der Waals surface area contributed by atoms with Crippen LogP contribution in [0.2, 0.25) is 0 Å². The molecule has 0 amide bonds. The van der Waals surface area contributed by atoms with Crippen molar-refractivity contribution in [3.63, 3.8) is 0 Å². The van der Waals surface area contributed by atoms with Gasteiger partial charge in [-0.1, -0.05) is 30.3 Å². The lowest BCUT2D eigenvalue weighted by Gasteiger charge is -2.09. The maximum Gasteiger partial charge on any atom is 0.168 e. The maximum atomic E-state index is 13.9. The van der Waals surface area contributed by atoms with Gasteiger partial charge in [0, 0.05) is 6.07 Å². The fourth-order valence-electron chi connectivity index (χ4n) is 1.78. The highest BCUT2D eigenvalue weighted by Crippen LogP contribution is 2.24. The number of benzene rings is 2. The van der Waals surface area contributed by atoms with Crippen molar-refractivity contribution in [2.24, 2.45) is 0 Å². The Morgan fingerprint density at radius 3 is 2.60 bits per heavy atom. The number of halogens is 1. The molecule has 1 heterocycles. The molecule has 0 aliphatic carbocycles. The van der Waals surface area contributed by atoms with Gasteiger partial charge in [-0.15, -0.1) is 0 Å². The third-order valence-corrected chi connectivity index (χ3v) is 2.98. The highest BCUT2D eigenvalue weighted by atomic mass is 19.1. The maximum absolute atomic E-state index is 13.9. The van der Waals surface area contributed by atoms with Crippen molar-refractivity contribution in [2.75, 3.05) is 13.2 Å². The van der Waals surface area contributed by atoms with Crippen LogP contribution >= 0.6 is 0 Å². The molecule has 1 atom stereocenters. The summed E-state index contributed by atoms with van der Waals surface area (Å²) in [7, 11) is 0. The Bertz CT molecular complexity index is 567. The van der Waals surface area contributed by atoms with Crippen LogP contribution < -0.4 is 9.47 Å². The molecule has 20 heavy (non-hydrogen) atoms. The molecule has 1 unspecified atom stereocenters. The molecule has 2 aromatic rings. The van der Waals surface area contributed by atoms with Gasteiger partial charge in [-0.2, -0.15) is 0 Å². The molecule has 104 valence electrons. The predicted molar refractivity (Wildman–Crippen MR) is 72.4 cm³/mol. The van der Waals surface area contributed by atoms with Crippen molar-refractivity contribution >= 4 is 0 Å². The van der Waals surface area contributed by atoms with Gasteiger partial charge in [-0.3, -0.25) is 0 Å². The molecule has 1 fully saturated rings. The number of epoxide rings is 1. The van der Waals surface area contributed by atoms with Gasteiger partial charge >= 0.3 is 0 Å². The van der Waals surface area contributed by atoms with Crippen LogP contribution in [-0.4, -0.2) is 19.3 Å². The monoisotopic (exact) mass is 274 g/mol. The first-order valence-electron chi connectivity index (χ1n) is 6.52. The zero-order chi connectivity index (χ0) is 13.8. The van der Waals surface area contributed by atoms with E-state index in [2.05, 4.69) is 0 Å². The fraction of sp³-hybridized carbons (Fsp3) is 0.250. The Kier molecular flexibility index (Phi) is 3.83. The van der Waals surface area contributed by atoms with Gasteiger partial charge in [0.05, 0.1) is 6.61 Å². The Labute approximate surface area is 116 Å². The van der Waals surface area contributed by atoms with Crippen LogP contribution in [0.1, 0.15) is 5.56 Å². The van der Waals surface area contributed by atoms with E-state index in [9.17, 15) is 4.39 Å². The van der Waals surface area contributed by atoms with Crippen LogP contribution in [0.15, 0.2) is 48.5 Å². The number of hydrogen-bond acceptors (Lipinski definition) is 3. The molecule has 0 N–H and O–H groups in total. The van der Waals surface area contributed by atoms with Gasteiger partial charge in [-0.25, -0.2) is 4.39 Å². The zero-order valence-electron chi connectivity index (χ0n) is 10.9. The van der Waals surface area contributed by atoms with Crippen molar-refractivity contribution < 1.29 is 18.6 Å². The molecule has 1 aliphatic heterocycles. The highest BCUT2D eigenvalue weighted by molar-refractivity contribution is 5.33. The Balaban J connectivity index is 1.58. The van der Waals surface area contributed by atoms with Crippen LogP contribution in [-0.2, 0) is 11.3 Å². The molecule has 1 aliphatic rings. The molecular weight excluding hydrogens is 259 g/mol. The van der Waals surface area contributed by atoms with Gasteiger partial charge in [-0.05, 0) is 17.7 Å². The summed E-state index contributed by atoms with van der Waals surface area (Å²) in [6, 6.07) is 14.3.